The summed E-state index contributed by atoms with van der Waals surface area (Å²) in [5.74, 6) is 0.880. The van der Waals surface area contributed by atoms with Crippen LogP contribution in [0, 0.1) is 0 Å². The molecule has 0 aliphatic carbocycles. The Morgan fingerprint density at radius 1 is 1.03 bits per heavy atom. The molecule has 29 heavy (non-hydrogen) atoms. The molecule has 3 heterocycles. The number of fused-ring (bicyclic) bond motifs is 1. The molecule has 0 saturated carbocycles. The Morgan fingerprint density at radius 2 is 1.86 bits per heavy atom. The van der Waals surface area contributed by atoms with Gasteiger partial charge in [0.1, 0.15) is 12.4 Å². The van der Waals surface area contributed by atoms with Crippen LogP contribution in [0.25, 0.3) is 34.0 Å². The molecule has 5 rings (SSSR count). The van der Waals surface area contributed by atoms with Crippen molar-refractivity contribution in [3.05, 3.63) is 78.0 Å². The fraction of sp³-hybridized carbons (Fsp3) is 0.0455. The molecule has 2 aromatic carbocycles. The highest BCUT2D eigenvalue weighted by atomic mass is 17.2. The third-order valence-electron chi connectivity index (χ3n) is 4.77. The maximum absolute atomic E-state index is 11.3. The average molecular weight is 384 g/mol. The van der Waals surface area contributed by atoms with E-state index < -0.39 is 5.91 Å². The van der Waals surface area contributed by atoms with Crippen molar-refractivity contribution in [3.8, 4) is 39.8 Å². The van der Waals surface area contributed by atoms with Gasteiger partial charge in [-0.1, -0.05) is 30.3 Å². The second-order valence-corrected chi connectivity index (χ2v) is 6.63. The first-order valence-electron chi connectivity index (χ1n) is 9.03. The molecule has 1 aliphatic rings. The number of hydrogen-bond acceptors (Lipinski definition) is 5. The number of nitrogens with two attached hydrogens (primary N) is 1. The summed E-state index contributed by atoms with van der Waals surface area (Å²) < 4.78 is 0. The summed E-state index contributed by atoms with van der Waals surface area (Å²) in [4.78, 5) is 34.3. The van der Waals surface area contributed by atoms with Crippen molar-refractivity contribution in [1.29, 1.82) is 0 Å². The van der Waals surface area contributed by atoms with Crippen LogP contribution in [0.15, 0.2) is 66.9 Å². The van der Waals surface area contributed by atoms with Crippen LogP contribution in [0.2, 0.25) is 0 Å². The van der Waals surface area contributed by atoms with Crippen molar-refractivity contribution in [2.75, 3.05) is 0 Å². The quantitative estimate of drug-likeness (QED) is 0.522. The normalized spacial score (nSPS) is 12.4. The van der Waals surface area contributed by atoms with Gasteiger partial charge >= 0.3 is 0 Å². The Labute approximate surface area is 166 Å². The van der Waals surface area contributed by atoms with Gasteiger partial charge in [-0.3, -0.25) is 9.78 Å². The van der Waals surface area contributed by atoms with E-state index >= 15 is 0 Å². The van der Waals surface area contributed by atoms with E-state index in [1.165, 1.54) is 0 Å². The number of nitrogens with zero attached hydrogens (tertiary/aromatic N) is 2. The van der Waals surface area contributed by atoms with E-state index in [1.807, 2.05) is 48.5 Å². The summed E-state index contributed by atoms with van der Waals surface area (Å²) in [5.41, 5.74) is 10.8. The molecule has 2 aromatic heterocycles. The van der Waals surface area contributed by atoms with E-state index in [1.54, 1.807) is 18.3 Å². The van der Waals surface area contributed by atoms with Gasteiger partial charge in [0, 0.05) is 28.5 Å². The molecule has 1 aliphatic heterocycles. The first-order chi connectivity index (χ1) is 14.2. The van der Waals surface area contributed by atoms with Gasteiger partial charge in [0.15, 0.2) is 5.75 Å². The van der Waals surface area contributed by atoms with Crippen LogP contribution in [0.5, 0.6) is 5.75 Å². The molecule has 142 valence electrons. The number of benzene rings is 2. The summed E-state index contributed by atoms with van der Waals surface area (Å²) in [6, 6.07) is 18.6. The molecule has 3 N–H and O–H groups in total. The number of nitrogens with one attached hydrogen (secondary N) is 1. The molecule has 0 fully saturated rings. The second kappa shape index (κ2) is 6.88. The van der Waals surface area contributed by atoms with Gasteiger partial charge in [-0.25, -0.2) is 4.98 Å². The van der Waals surface area contributed by atoms with Crippen molar-refractivity contribution in [3.63, 3.8) is 0 Å². The molecule has 7 heteroatoms. The largest absolute Gasteiger partial charge is 0.366 e. The van der Waals surface area contributed by atoms with E-state index in [-0.39, 0.29) is 0 Å². The van der Waals surface area contributed by atoms with Gasteiger partial charge in [-0.15, -0.1) is 0 Å². The third kappa shape index (κ3) is 3.13. The summed E-state index contributed by atoms with van der Waals surface area (Å²) in [5, 5.41) is 0. The molecular weight excluding hydrogens is 368 g/mol. The number of aromatic nitrogens is 3. The molecule has 0 saturated heterocycles. The Balaban J connectivity index is 1.64. The number of primary amides is 1. The molecule has 0 bridgehead atoms. The number of H-pyrrole nitrogens is 1. The van der Waals surface area contributed by atoms with E-state index in [2.05, 4.69) is 9.97 Å². The highest BCUT2D eigenvalue weighted by Gasteiger charge is 2.20. The number of hydrogen-bond donors (Lipinski definition) is 2. The SMILES string of the molecule is NC(=O)c1ccc(-c2nc(-c3ccc4c(c3)OOC4)c(-c3ccccn3)[nH]2)cc1. The minimum Gasteiger partial charge on any atom is -0.366 e. The smallest absolute Gasteiger partial charge is 0.248 e. The minimum absolute atomic E-state index is 0.431. The Hall–Kier alpha value is -3.97. The molecule has 4 aromatic rings. The fourth-order valence-corrected chi connectivity index (χ4v) is 3.26. The fourth-order valence-electron chi connectivity index (χ4n) is 3.26. The van der Waals surface area contributed by atoms with E-state index in [9.17, 15) is 4.79 Å². The van der Waals surface area contributed by atoms with Gasteiger partial charge in [0.25, 0.3) is 0 Å². The number of carbonyl (C=O) groups is 1. The van der Waals surface area contributed by atoms with Crippen LogP contribution < -0.4 is 10.6 Å². The first kappa shape index (κ1) is 17.2. The number of rotatable bonds is 4. The predicted molar refractivity (Wildman–Crippen MR) is 107 cm³/mol. The van der Waals surface area contributed by atoms with Crippen LogP contribution in [0.1, 0.15) is 15.9 Å². The standard InChI is InChI=1S/C22H16N4O3/c23-21(27)13-4-6-14(7-5-13)22-25-19(20(26-22)17-3-1-2-10-24-17)15-8-9-16-12-28-29-18(16)11-15/h1-11H,12H2,(H2,23,27)(H,25,26). The van der Waals surface area contributed by atoms with Crippen LogP contribution in [-0.4, -0.2) is 20.9 Å². The highest BCUT2D eigenvalue weighted by Crippen LogP contribution is 2.36. The number of imidazole rings is 1. The van der Waals surface area contributed by atoms with Crippen molar-refractivity contribution < 1.29 is 14.6 Å². The van der Waals surface area contributed by atoms with Gasteiger partial charge in [-0.05, 0) is 30.3 Å². The van der Waals surface area contributed by atoms with Crippen LogP contribution in [-0.2, 0) is 11.5 Å². The number of aromatic amines is 1. The molecule has 0 atom stereocenters. The zero-order valence-corrected chi connectivity index (χ0v) is 15.3. The van der Waals surface area contributed by atoms with E-state index in [0.29, 0.717) is 23.7 Å². The maximum Gasteiger partial charge on any atom is 0.248 e. The molecular formula is C22H16N4O3. The lowest BCUT2D eigenvalue weighted by Crippen LogP contribution is -2.10. The lowest BCUT2D eigenvalue weighted by atomic mass is 10.1. The van der Waals surface area contributed by atoms with Crippen LogP contribution in [0.3, 0.4) is 0 Å². The zero-order chi connectivity index (χ0) is 19.8. The van der Waals surface area contributed by atoms with Crippen LogP contribution in [0.4, 0.5) is 0 Å². The minimum atomic E-state index is -0.466. The van der Waals surface area contributed by atoms with Crippen molar-refractivity contribution >= 4 is 5.91 Å². The van der Waals surface area contributed by atoms with Gasteiger partial charge in [0.05, 0.1) is 17.1 Å². The topological polar surface area (TPSA) is 103 Å². The Morgan fingerprint density at radius 3 is 2.62 bits per heavy atom. The van der Waals surface area contributed by atoms with Crippen molar-refractivity contribution in [2.24, 2.45) is 5.73 Å². The van der Waals surface area contributed by atoms with E-state index in [0.717, 1.165) is 33.8 Å². The Kier molecular flexibility index (Phi) is 4.07. The lowest BCUT2D eigenvalue weighted by molar-refractivity contribution is -0.194. The molecule has 7 nitrogen and oxygen atoms in total. The molecule has 1 amide bonds. The summed E-state index contributed by atoms with van der Waals surface area (Å²) >= 11 is 0. The van der Waals surface area contributed by atoms with Crippen LogP contribution >= 0.6 is 0 Å². The van der Waals surface area contributed by atoms with Gasteiger partial charge in [0.2, 0.25) is 5.91 Å². The molecule has 0 unspecified atom stereocenters. The van der Waals surface area contributed by atoms with E-state index in [4.69, 9.17) is 20.5 Å². The van der Waals surface area contributed by atoms with Gasteiger partial charge < -0.3 is 15.6 Å². The zero-order valence-electron chi connectivity index (χ0n) is 15.3. The number of carbonyl (C=O) groups excluding carboxylic acids is 1. The monoisotopic (exact) mass is 384 g/mol. The summed E-state index contributed by atoms with van der Waals surface area (Å²) in [7, 11) is 0. The second-order valence-electron chi connectivity index (χ2n) is 6.63. The highest BCUT2D eigenvalue weighted by molar-refractivity contribution is 5.93. The van der Waals surface area contributed by atoms with Gasteiger partial charge in [-0.2, -0.15) is 4.89 Å². The Bertz CT molecular complexity index is 1200. The molecule has 0 spiro atoms. The number of amides is 1. The summed E-state index contributed by atoms with van der Waals surface area (Å²) in [6.45, 7) is 0.431. The average Bonchev–Trinajstić information content (AvgIpc) is 3.41. The maximum atomic E-state index is 11.3. The molecule has 0 radical (unpaired) electrons. The lowest BCUT2D eigenvalue weighted by Gasteiger charge is -2.03. The van der Waals surface area contributed by atoms with Crippen molar-refractivity contribution in [2.45, 2.75) is 6.61 Å². The predicted octanol–water partition coefficient (Wildman–Crippen LogP) is 3.73. The van der Waals surface area contributed by atoms with Crippen molar-refractivity contribution in [1.82, 2.24) is 15.0 Å². The third-order valence-corrected chi connectivity index (χ3v) is 4.77. The summed E-state index contributed by atoms with van der Waals surface area (Å²) in [6.07, 6.45) is 1.74. The number of pyridine rings is 1. The first-order valence-corrected chi connectivity index (χ1v) is 9.03.